The van der Waals surface area contributed by atoms with Crippen molar-refractivity contribution >= 4 is 29.1 Å². The highest BCUT2D eigenvalue weighted by Crippen LogP contribution is 2.21. The number of nitrogens with one attached hydrogen (secondary N) is 2. The monoisotopic (exact) mass is 411 g/mol. The minimum atomic E-state index is -0.725. The fourth-order valence-electron chi connectivity index (χ4n) is 2.90. The van der Waals surface area contributed by atoms with Crippen molar-refractivity contribution in [3.8, 4) is 11.4 Å². The van der Waals surface area contributed by atoms with Crippen LogP contribution >= 0.6 is 11.6 Å². The zero-order chi connectivity index (χ0) is 21.0. The van der Waals surface area contributed by atoms with E-state index in [1.807, 2.05) is 39.1 Å². The Hall–Kier alpha value is -3.19. The number of amides is 2. The van der Waals surface area contributed by atoms with Gasteiger partial charge in [-0.1, -0.05) is 49.7 Å². The largest absolute Gasteiger partial charge is 0.340 e. The summed E-state index contributed by atoms with van der Waals surface area (Å²) in [5.41, 5.74) is 1.76. The normalized spacial score (nSPS) is 11.9. The molecule has 2 aromatic carbocycles. The maximum Gasteiger partial charge on any atom is 0.253 e. The third-order valence-corrected chi connectivity index (χ3v) is 4.78. The predicted octanol–water partition coefficient (Wildman–Crippen LogP) is 3.53. The van der Waals surface area contributed by atoms with Gasteiger partial charge in [0, 0.05) is 18.3 Å². The minimum absolute atomic E-state index is 0.122. The maximum absolute atomic E-state index is 12.9. The van der Waals surface area contributed by atoms with Crippen LogP contribution in [0, 0.1) is 5.92 Å². The van der Waals surface area contributed by atoms with Crippen LogP contribution in [0.15, 0.2) is 54.9 Å². The summed E-state index contributed by atoms with van der Waals surface area (Å²) >= 11 is 6.10. The molecule has 3 rings (SSSR count). The molecule has 0 saturated heterocycles. The standard InChI is InChI=1S/C21H22ClN5O2/c1-13(2)18(25-20(28)16-9-4-5-10-17(16)22)21(29)24-15-8-6-7-14(11-15)19-26-23-12-27(19)3/h4-13,18H,1-3H3,(H,24,29)(H,25,28). The molecule has 7 nitrogen and oxygen atoms in total. The fraction of sp³-hybridized carbons (Fsp3) is 0.238. The topological polar surface area (TPSA) is 88.9 Å². The molecule has 1 aromatic heterocycles. The van der Waals surface area contributed by atoms with Gasteiger partial charge < -0.3 is 15.2 Å². The van der Waals surface area contributed by atoms with E-state index in [2.05, 4.69) is 20.8 Å². The van der Waals surface area contributed by atoms with E-state index in [0.717, 1.165) is 5.56 Å². The quantitative estimate of drug-likeness (QED) is 0.649. The molecule has 0 fully saturated rings. The average molecular weight is 412 g/mol. The van der Waals surface area contributed by atoms with Crippen LogP contribution in [0.1, 0.15) is 24.2 Å². The molecule has 150 valence electrons. The van der Waals surface area contributed by atoms with Gasteiger partial charge in [0.25, 0.3) is 5.91 Å². The summed E-state index contributed by atoms with van der Waals surface area (Å²) in [6.07, 6.45) is 1.61. The molecule has 0 aliphatic heterocycles. The first-order chi connectivity index (χ1) is 13.9. The van der Waals surface area contributed by atoms with E-state index in [1.165, 1.54) is 0 Å². The summed E-state index contributed by atoms with van der Waals surface area (Å²) in [5, 5.41) is 14.0. The second kappa shape index (κ2) is 8.87. The summed E-state index contributed by atoms with van der Waals surface area (Å²) in [4.78, 5) is 25.5. The van der Waals surface area contributed by atoms with Gasteiger partial charge in [0.2, 0.25) is 5.91 Å². The van der Waals surface area contributed by atoms with Gasteiger partial charge in [0.05, 0.1) is 10.6 Å². The lowest BCUT2D eigenvalue weighted by Crippen LogP contribution is -2.47. The number of anilines is 1. The van der Waals surface area contributed by atoms with Gasteiger partial charge >= 0.3 is 0 Å². The molecule has 1 unspecified atom stereocenters. The molecule has 0 spiro atoms. The third-order valence-electron chi connectivity index (χ3n) is 4.45. The van der Waals surface area contributed by atoms with Gasteiger partial charge in [-0.25, -0.2) is 0 Å². The number of aromatic nitrogens is 3. The first-order valence-corrected chi connectivity index (χ1v) is 9.55. The SMILES string of the molecule is CC(C)C(NC(=O)c1ccccc1Cl)C(=O)Nc1cccc(-c2nncn2C)c1. The Morgan fingerprint density at radius 1 is 1.10 bits per heavy atom. The summed E-state index contributed by atoms with van der Waals surface area (Å²) < 4.78 is 1.79. The highest BCUT2D eigenvalue weighted by molar-refractivity contribution is 6.33. The van der Waals surface area contributed by atoms with E-state index < -0.39 is 11.9 Å². The molecule has 0 saturated carbocycles. The second-order valence-corrected chi connectivity index (χ2v) is 7.42. The second-order valence-electron chi connectivity index (χ2n) is 7.01. The summed E-state index contributed by atoms with van der Waals surface area (Å²) in [6.45, 7) is 3.74. The zero-order valence-electron chi connectivity index (χ0n) is 16.4. The lowest BCUT2D eigenvalue weighted by molar-refractivity contribution is -0.118. The number of nitrogens with zero attached hydrogens (tertiary/aromatic N) is 3. The first-order valence-electron chi connectivity index (χ1n) is 9.17. The molecular weight excluding hydrogens is 390 g/mol. The molecule has 2 amide bonds. The van der Waals surface area contributed by atoms with Gasteiger partial charge in [-0.05, 0) is 30.2 Å². The highest BCUT2D eigenvalue weighted by atomic mass is 35.5. The van der Waals surface area contributed by atoms with Crippen LogP contribution in [0.3, 0.4) is 0 Å². The van der Waals surface area contributed by atoms with Gasteiger partial charge in [-0.3, -0.25) is 9.59 Å². The smallest absolute Gasteiger partial charge is 0.253 e. The third kappa shape index (κ3) is 4.81. The molecule has 29 heavy (non-hydrogen) atoms. The van der Waals surface area contributed by atoms with Crippen LogP contribution in [0.4, 0.5) is 5.69 Å². The Morgan fingerprint density at radius 3 is 2.52 bits per heavy atom. The zero-order valence-corrected chi connectivity index (χ0v) is 17.1. The van der Waals surface area contributed by atoms with Crippen molar-refractivity contribution in [3.05, 3.63) is 65.4 Å². The summed E-state index contributed by atoms with van der Waals surface area (Å²) in [6, 6.07) is 13.3. The molecule has 1 atom stereocenters. The number of hydrogen-bond donors (Lipinski definition) is 2. The molecule has 0 aliphatic rings. The van der Waals surface area contributed by atoms with Crippen LogP contribution in [-0.4, -0.2) is 32.6 Å². The summed E-state index contributed by atoms with van der Waals surface area (Å²) in [5.74, 6) is -0.135. The molecule has 0 radical (unpaired) electrons. The molecular formula is C21H22ClN5O2. The van der Waals surface area contributed by atoms with E-state index in [-0.39, 0.29) is 11.8 Å². The summed E-state index contributed by atoms with van der Waals surface area (Å²) in [7, 11) is 1.85. The van der Waals surface area contributed by atoms with E-state index in [0.29, 0.717) is 22.1 Å². The molecule has 0 bridgehead atoms. The van der Waals surface area contributed by atoms with Crippen molar-refractivity contribution in [2.45, 2.75) is 19.9 Å². The van der Waals surface area contributed by atoms with E-state index in [1.54, 1.807) is 41.2 Å². The number of benzene rings is 2. The fourth-order valence-corrected chi connectivity index (χ4v) is 3.12. The van der Waals surface area contributed by atoms with Gasteiger partial charge in [0.1, 0.15) is 12.4 Å². The van der Waals surface area contributed by atoms with Crippen molar-refractivity contribution in [3.63, 3.8) is 0 Å². The lowest BCUT2D eigenvalue weighted by atomic mass is 10.0. The Bertz CT molecular complexity index is 1030. The molecule has 0 aliphatic carbocycles. The minimum Gasteiger partial charge on any atom is -0.340 e. The number of aryl methyl sites for hydroxylation is 1. The molecule has 8 heteroatoms. The number of carbonyl (C=O) groups is 2. The number of halogens is 1. The Morgan fingerprint density at radius 2 is 1.86 bits per heavy atom. The van der Waals surface area contributed by atoms with E-state index >= 15 is 0 Å². The Balaban J connectivity index is 1.76. The Labute approximate surface area is 174 Å². The predicted molar refractivity (Wildman–Crippen MR) is 113 cm³/mol. The van der Waals surface area contributed by atoms with Crippen molar-refractivity contribution in [1.29, 1.82) is 0 Å². The number of rotatable bonds is 6. The van der Waals surface area contributed by atoms with Crippen molar-refractivity contribution in [1.82, 2.24) is 20.1 Å². The molecule has 2 N–H and O–H groups in total. The Kier molecular flexibility index (Phi) is 6.29. The van der Waals surface area contributed by atoms with Crippen LogP contribution in [0.25, 0.3) is 11.4 Å². The van der Waals surface area contributed by atoms with Crippen LogP contribution < -0.4 is 10.6 Å². The average Bonchev–Trinajstić information content (AvgIpc) is 3.12. The lowest BCUT2D eigenvalue weighted by Gasteiger charge is -2.22. The van der Waals surface area contributed by atoms with Crippen molar-refractivity contribution < 1.29 is 9.59 Å². The van der Waals surface area contributed by atoms with Crippen LogP contribution in [-0.2, 0) is 11.8 Å². The maximum atomic E-state index is 12.9. The molecule has 1 heterocycles. The van der Waals surface area contributed by atoms with Gasteiger partial charge in [-0.2, -0.15) is 0 Å². The van der Waals surface area contributed by atoms with Crippen LogP contribution in [0.2, 0.25) is 5.02 Å². The van der Waals surface area contributed by atoms with Crippen molar-refractivity contribution in [2.24, 2.45) is 13.0 Å². The van der Waals surface area contributed by atoms with Crippen molar-refractivity contribution in [2.75, 3.05) is 5.32 Å². The van der Waals surface area contributed by atoms with Gasteiger partial charge in [-0.15, -0.1) is 10.2 Å². The van der Waals surface area contributed by atoms with E-state index in [9.17, 15) is 9.59 Å². The highest BCUT2D eigenvalue weighted by Gasteiger charge is 2.25. The first kappa shape index (κ1) is 20.5. The molecule has 3 aromatic rings. The van der Waals surface area contributed by atoms with Gasteiger partial charge in [0.15, 0.2) is 5.82 Å². The van der Waals surface area contributed by atoms with E-state index in [4.69, 9.17) is 11.6 Å². The van der Waals surface area contributed by atoms with Crippen LogP contribution in [0.5, 0.6) is 0 Å². The number of carbonyl (C=O) groups excluding carboxylic acids is 2. The number of hydrogen-bond acceptors (Lipinski definition) is 4.